The van der Waals surface area contributed by atoms with Gasteiger partial charge >= 0.3 is 0 Å². The number of amides is 1. The zero-order valence-electron chi connectivity index (χ0n) is 17.6. The van der Waals surface area contributed by atoms with Crippen molar-refractivity contribution in [1.82, 2.24) is 14.7 Å². The predicted molar refractivity (Wildman–Crippen MR) is 118 cm³/mol. The van der Waals surface area contributed by atoms with Crippen LogP contribution in [0.25, 0.3) is 5.69 Å². The highest BCUT2D eigenvalue weighted by atomic mass is 32.2. The lowest BCUT2D eigenvalue weighted by molar-refractivity contribution is 0.0774. The smallest absolute Gasteiger partial charge is 0.263 e. The Morgan fingerprint density at radius 3 is 2.33 bits per heavy atom. The molecular formula is C22H26N4O3S. The van der Waals surface area contributed by atoms with E-state index in [1.54, 1.807) is 36.1 Å². The third-order valence-electron chi connectivity index (χ3n) is 4.90. The molecule has 3 rings (SSSR count). The number of nitrogens with zero attached hydrogens (tertiary/aromatic N) is 3. The molecule has 0 atom stereocenters. The Morgan fingerprint density at radius 1 is 1.07 bits per heavy atom. The lowest BCUT2D eigenvalue weighted by atomic mass is 10.2. The second kappa shape index (κ2) is 8.71. The van der Waals surface area contributed by atoms with Crippen molar-refractivity contribution >= 4 is 21.7 Å². The van der Waals surface area contributed by atoms with E-state index >= 15 is 0 Å². The van der Waals surface area contributed by atoms with Gasteiger partial charge in [0.1, 0.15) is 5.56 Å². The number of hydrogen-bond donors (Lipinski definition) is 1. The summed E-state index contributed by atoms with van der Waals surface area (Å²) < 4.78 is 30.5. The molecule has 3 aromatic rings. The number of benzene rings is 2. The standard InChI is InChI=1S/C22H26N4O3S/c1-5-25(6-2)22(27)19-15-23-26(18-10-8-7-9-11-18)21(19)24-30(28,29)20-13-12-16(3)14-17(20)4/h7-15,24H,5-6H2,1-4H3. The van der Waals surface area contributed by atoms with Gasteiger partial charge in [-0.15, -0.1) is 0 Å². The van der Waals surface area contributed by atoms with Crippen LogP contribution in [0.5, 0.6) is 0 Å². The minimum Gasteiger partial charge on any atom is -0.339 e. The summed E-state index contributed by atoms with van der Waals surface area (Å²) in [5.74, 6) is -0.154. The monoisotopic (exact) mass is 426 g/mol. The Morgan fingerprint density at radius 2 is 1.73 bits per heavy atom. The van der Waals surface area contributed by atoms with Crippen LogP contribution in [0.2, 0.25) is 0 Å². The van der Waals surface area contributed by atoms with Gasteiger partial charge < -0.3 is 4.90 Å². The van der Waals surface area contributed by atoms with Crippen LogP contribution >= 0.6 is 0 Å². The average Bonchev–Trinajstić information content (AvgIpc) is 3.11. The third kappa shape index (κ3) is 4.23. The summed E-state index contributed by atoms with van der Waals surface area (Å²) >= 11 is 0. The number of nitrogens with one attached hydrogen (secondary N) is 1. The Hall–Kier alpha value is -3.13. The molecule has 0 saturated carbocycles. The Balaban J connectivity index is 2.13. The molecule has 0 saturated heterocycles. The fourth-order valence-electron chi connectivity index (χ4n) is 3.33. The van der Waals surface area contributed by atoms with Crippen molar-refractivity contribution in [3.8, 4) is 5.69 Å². The molecule has 2 aromatic carbocycles. The van der Waals surface area contributed by atoms with Crippen LogP contribution in [0.4, 0.5) is 5.82 Å². The summed E-state index contributed by atoms with van der Waals surface area (Å²) in [6.45, 7) is 8.43. The first-order valence-corrected chi connectivity index (χ1v) is 11.3. The normalized spacial score (nSPS) is 11.3. The molecular weight excluding hydrogens is 400 g/mol. The van der Waals surface area contributed by atoms with E-state index in [1.807, 2.05) is 45.0 Å². The molecule has 30 heavy (non-hydrogen) atoms. The quantitative estimate of drug-likeness (QED) is 0.623. The van der Waals surface area contributed by atoms with Gasteiger partial charge in [0, 0.05) is 13.1 Å². The number of aryl methyl sites for hydroxylation is 2. The minimum atomic E-state index is -3.94. The van der Waals surface area contributed by atoms with Gasteiger partial charge in [-0.3, -0.25) is 9.52 Å². The van der Waals surface area contributed by atoms with E-state index in [0.29, 0.717) is 24.3 Å². The van der Waals surface area contributed by atoms with E-state index in [4.69, 9.17) is 0 Å². The number of carbonyl (C=O) groups excluding carboxylic acids is 1. The van der Waals surface area contributed by atoms with E-state index in [1.165, 1.54) is 10.9 Å². The van der Waals surface area contributed by atoms with Crippen LogP contribution in [-0.2, 0) is 10.0 Å². The molecule has 1 N–H and O–H groups in total. The summed E-state index contributed by atoms with van der Waals surface area (Å²) in [5.41, 5.74) is 2.45. The molecule has 0 bridgehead atoms. The van der Waals surface area contributed by atoms with Crippen LogP contribution in [0.1, 0.15) is 35.3 Å². The summed E-state index contributed by atoms with van der Waals surface area (Å²) in [6, 6.07) is 14.2. The molecule has 0 aliphatic rings. The van der Waals surface area contributed by atoms with Gasteiger partial charge in [-0.05, 0) is 51.5 Å². The summed E-state index contributed by atoms with van der Waals surface area (Å²) in [4.78, 5) is 14.8. The molecule has 1 amide bonds. The van der Waals surface area contributed by atoms with Crippen molar-refractivity contribution in [1.29, 1.82) is 0 Å². The second-order valence-electron chi connectivity index (χ2n) is 7.01. The predicted octanol–water partition coefficient (Wildman–Crippen LogP) is 3.77. The van der Waals surface area contributed by atoms with E-state index in [2.05, 4.69) is 9.82 Å². The molecule has 7 nitrogen and oxygen atoms in total. The van der Waals surface area contributed by atoms with E-state index < -0.39 is 10.0 Å². The zero-order chi connectivity index (χ0) is 21.9. The summed E-state index contributed by atoms with van der Waals surface area (Å²) in [7, 11) is -3.94. The van der Waals surface area contributed by atoms with Crippen molar-refractivity contribution in [2.24, 2.45) is 0 Å². The van der Waals surface area contributed by atoms with Gasteiger partial charge in [0.2, 0.25) is 0 Å². The maximum absolute atomic E-state index is 13.2. The van der Waals surface area contributed by atoms with E-state index in [-0.39, 0.29) is 22.2 Å². The third-order valence-corrected chi connectivity index (χ3v) is 6.40. The molecule has 158 valence electrons. The van der Waals surface area contributed by atoms with E-state index in [0.717, 1.165) is 5.56 Å². The van der Waals surface area contributed by atoms with Gasteiger partial charge in [-0.2, -0.15) is 5.10 Å². The molecule has 0 radical (unpaired) electrons. The Bertz CT molecular complexity index is 1150. The second-order valence-corrected chi connectivity index (χ2v) is 8.66. The molecule has 1 aromatic heterocycles. The summed E-state index contributed by atoms with van der Waals surface area (Å²) in [5, 5.41) is 4.32. The molecule has 0 spiro atoms. The molecule has 1 heterocycles. The topological polar surface area (TPSA) is 84.3 Å². The average molecular weight is 427 g/mol. The molecule has 0 aliphatic heterocycles. The number of para-hydroxylation sites is 1. The molecule has 0 fully saturated rings. The Labute approximate surface area is 177 Å². The highest BCUT2D eigenvalue weighted by Gasteiger charge is 2.27. The first-order valence-electron chi connectivity index (χ1n) is 9.81. The van der Waals surface area contributed by atoms with E-state index in [9.17, 15) is 13.2 Å². The number of aromatic nitrogens is 2. The van der Waals surface area contributed by atoms with Crippen molar-refractivity contribution < 1.29 is 13.2 Å². The Kier molecular flexibility index (Phi) is 6.26. The van der Waals surface area contributed by atoms with Gasteiger partial charge in [0.25, 0.3) is 15.9 Å². The number of hydrogen-bond acceptors (Lipinski definition) is 4. The van der Waals surface area contributed by atoms with Crippen LogP contribution in [-0.4, -0.2) is 42.1 Å². The summed E-state index contributed by atoms with van der Waals surface area (Å²) in [6.07, 6.45) is 1.41. The van der Waals surface area contributed by atoms with Crippen molar-refractivity contribution in [2.75, 3.05) is 17.8 Å². The van der Waals surface area contributed by atoms with Crippen molar-refractivity contribution in [3.05, 3.63) is 71.4 Å². The van der Waals surface area contributed by atoms with Gasteiger partial charge in [0.15, 0.2) is 5.82 Å². The largest absolute Gasteiger partial charge is 0.339 e. The van der Waals surface area contributed by atoms with Crippen LogP contribution < -0.4 is 4.72 Å². The van der Waals surface area contributed by atoms with Crippen molar-refractivity contribution in [3.63, 3.8) is 0 Å². The lowest BCUT2D eigenvalue weighted by Crippen LogP contribution is -2.31. The van der Waals surface area contributed by atoms with Gasteiger partial charge in [0.05, 0.1) is 16.8 Å². The van der Waals surface area contributed by atoms with Crippen molar-refractivity contribution in [2.45, 2.75) is 32.6 Å². The van der Waals surface area contributed by atoms with Gasteiger partial charge in [-0.25, -0.2) is 13.1 Å². The van der Waals surface area contributed by atoms with Gasteiger partial charge in [-0.1, -0.05) is 35.9 Å². The number of carbonyl (C=O) groups is 1. The molecule has 0 aliphatic carbocycles. The molecule has 0 unspecified atom stereocenters. The SMILES string of the molecule is CCN(CC)C(=O)c1cnn(-c2ccccc2)c1NS(=O)(=O)c1ccc(C)cc1C. The first kappa shape index (κ1) is 21.6. The van der Waals surface area contributed by atoms with Crippen LogP contribution in [0, 0.1) is 13.8 Å². The number of rotatable bonds is 7. The molecule has 8 heteroatoms. The lowest BCUT2D eigenvalue weighted by Gasteiger charge is -2.19. The number of anilines is 1. The van der Waals surface area contributed by atoms with Crippen LogP contribution in [0.15, 0.2) is 59.6 Å². The van der Waals surface area contributed by atoms with Crippen LogP contribution in [0.3, 0.4) is 0 Å². The minimum absolute atomic E-state index is 0.123. The maximum Gasteiger partial charge on any atom is 0.263 e. The zero-order valence-corrected chi connectivity index (χ0v) is 18.4. The maximum atomic E-state index is 13.2. The first-order chi connectivity index (χ1) is 14.3. The highest BCUT2D eigenvalue weighted by Crippen LogP contribution is 2.26. The fourth-order valence-corrected chi connectivity index (χ4v) is 4.62. The number of sulfonamides is 1. The fraction of sp³-hybridized carbons (Fsp3) is 0.273. The highest BCUT2D eigenvalue weighted by molar-refractivity contribution is 7.92.